The van der Waals surface area contributed by atoms with Crippen LogP contribution in [-0.2, 0) is 32.5 Å². The van der Waals surface area contributed by atoms with Crippen LogP contribution in [0.5, 0.6) is 23.0 Å². The monoisotopic (exact) mass is 704 g/mol. The maximum atomic E-state index is 10.1. The predicted octanol–water partition coefficient (Wildman–Crippen LogP) is 8.82. The number of aliphatic hydroxyl groups excluding tert-OH is 2. The summed E-state index contributed by atoms with van der Waals surface area (Å²) in [4.78, 5) is 0. The first kappa shape index (κ1) is 36.4. The molecule has 0 atom stereocenters. The molecule has 4 aromatic rings. The average Bonchev–Trinajstić information content (AvgIpc) is 3.62. The molecule has 276 valence electrons. The van der Waals surface area contributed by atoms with Gasteiger partial charge in [0.05, 0.1) is 13.2 Å². The van der Waals surface area contributed by atoms with Crippen molar-refractivity contribution < 1.29 is 29.9 Å². The smallest absolute Gasteiger partial charge is 0.119 e. The molecule has 4 aliphatic carbocycles. The van der Waals surface area contributed by atoms with Gasteiger partial charge in [-0.15, -0.1) is 0 Å². The van der Waals surface area contributed by atoms with Gasteiger partial charge in [-0.1, -0.05) is 79.7 Å². The van der Waals surface area contributed by atoms with E-state index in [1.165, 1.54) is 44.5 Å². The lowest BCUT2D eigenvalue weighted by atomic mass is 9.72. The Morgan fingerprint density at radius 3 is 1.02 bits per heavy atom. The molecule has 6 heteroatoms. The van der Waals surface area contributed by atoms with Gasteiger partial charge in [0, 0.05) is 10.8 Å². The Morgan fingerprint density at radius 2 is 0.712 bits per heavy atom. The first-order chi connectivity index (χ1) is 24.4. The Hall–Kier alpha value is -4.00. The van der Waals surface area contributed by atoms with E-state index in [9.17, 15) is 10.2 Å². The lowest BCUT2D eigenvalue weighted by molar-refractivity contribution is 0.201. The van der Waals surface area contributed by atoms with Crippen LogP contribution in [0, 0.1) is 0 Å². The summed E-state index contributed by atoms with van der Waals surface area (Å²) in [7, 11) is 0. The molecule has 6 nitrogen and oxygen atoms in total. The number of aliphatic hydroxyl groups is 2. The van der Waals surface area contributed by atoms with Crippen molar-refractivity contribution in [2.24, 2.45) is 0 Å². The Labute approximate surface area is 309 Å². The molecule has 0 radical (unpaired) electrons. The summed E-state index contributed by atoms with van der Waals surface area (Å²) in [6, 6.07) is 24.5. The van der Waals surface area contributed by atoms with Gasteiger partial charge in [-0.05, 0) is 140 Å². The van der Waals surface area contributed by atoms with Crippen LogP contribution in [0.3, 0.4) is 0 Å². The summed E-state index contributed by atoms with van der Waals surface area (Å²) in [5, 5.41) is 38.5. The molecule has 4 N–H and O–H groups in total. The van der Waals surface area contributed by atoms with Crippen LogP contribution >= 0.6 is 0 Å². The molecule has 0 unspecified atom stereocenters. The molecule has 0 saturated heterocycles. The summed E-state index contributed by atoms with van der Waals surface area (Å²) in [6.45, 7) is 19.1. The Bertz CT molecular complexity index is 1870. The Balaban J connectivity index is 0.000000166. The van der Waals surface area contributed by atoms with E-state index in [1.807, 2.05) is 24.3 Å². The summed E-state index contributed by atoms with van der Waals surface area (Å²) in [5.41, 5.74) is 10.6. The van der Waals surface area contributed by atoms with Gasteiger partial charge in [0.2, 0.25) is 0 Å². The lowest BCUT2D eigenvalue weighted by Gasteiger charge is -2.30. The van der Waals surface area contributed by atoms with Crippen molar-refractivity contribution >= 4 is 0 Å². The third-order valence-corrected chi connectivity index (χ3v) is 12.7. The highest BCUT2D eigenvalue weighted by atomic mass is 16.5. The van der Waals surface area contributed by atoms with Gasteiger partial charge in [0.1, 0.15) is 36.2 Å². The van der Waals surface area contributed by atoms with E-state index in [0.717, 1.165) is 37.2 Å². The quantitative estimate of drug-likeness (QED) is 0.160. The number of ether oxygens (including phenoxy) is 2. The minimum atomic E-state index is -0.116. The number of hydrogen-bond acceptors (Lipinski definition) is 6. The van der Waals surface area contributed by atoms with Crippen molar-refractivity contribution in [2.75, 3.05) is 26.4 Å². The molecule has 52 heavy (non-hydrogen) atoms. The molecule has 8 rings (SSSR count). The molecule has 0 heterocycles. The molecule has 0 bridgehead atoms. The third-order valence-electron chi connectivity index (χ3n) is 12.7. The number of rotatable bonds is 6. The fourth-order valence-electron chi connectivity index (χ4n) is 11.1. The molecule has 0 amide bonds. The van der Waals surface area contributed by atoms with E-state index >= 15 is 0 Å². The van der Waals surface area contributed by atoms with E-state index in [4.69, 9.17) is 19.7 Å². The lowest BCUT2D eigenvalue weighted by Crippen LogP contribution is -2.27. The molecule has 0 saturated carbocycles. The van der Waals surface area contributed by atoms with Crippen molar-refractivity contribution in [1.82, 2.24) is 0 Å². The van der Waals surface area contributed by atoms with Gasteiger partial charge in [-0.3, -0.25) is 0 Å². The van der Waals surface area contributed by atoms with Gasteiger partial charge in [-0.2, -0.15) is 0 Å². The fraction of sp³-hybridized carbons (Fsp3) is 0.478. The van der Waals surface area contributed by atoms with Gasteiger partial charge in [-0.25, -0.2) is 0 Å². The summed E-state index contributed by atoms with van der Waals surface area (Å²) >= 11 is 0. The van der Waals surface area contributed by atoms with Crippen LogP contribution < -0.4 is 9.47 Å². The van der Waals surface area contributed by atoms with E-state index in [2.05, 4.69) is 91.8 Å². The maximum absolute atomic E-state index is 10.1. The molecule has 0 aromatic heterocycles. The number of hydrogen-bond donors (Lipinski definition) is 4. The van der Waals surface area contributed by atoms with Gasteiger partial charge in [0.15, 0.2) is 0 Å². The highest BCUT2D eigenvalue weighted by molar-refractivity contribution is 5.63. The van der Waals surface area contributed by atoms with Crippen molar-refractivity contribution in [3.63, 3.8) is 0 Å². The predicted molar refractivity (Wildman–Crippen MR) is 206 cm³/mol. The molecule has 4 aliphatic rings. The molecular weight excluding hydrogens is 649 g/mol. The number of fused-ring (bicyclic) bond motifs is 8. The van der Waals surface area contributed by atoms with E-state index in [0.29, 0.717) is 24.7 Å². The van der Waals surface area contributed by atoms with Crippen LogP contribution in [0.4, 0.5) is 0 Å². The minimum Gasteiger partial charge on any atom is -0.508 e. The molecule has 0 aliphatic heterocycles. The normalized spacial score (nSPS) is 20.8. The topological polar surface area (TPSA) is 99.4 Å². The van der Waals surface area contributed by atoms with Crippen LogP contribution in [0.1, 0.15) is 126 Å². The zero-order valence-corrected chi connectivity index (χ0v) is 32.2. The standard InChI is InChI=1S/C25H32O4.C21H24O2/c1-23(2)15-25(21-13-17(28-11-9-26)5-7-19(21)23)16-24(3,4)20-8-6-18(14-22(20)25)29-12-10-27;1-19(2)11-21(17-9-13(22)5-7-15(17)19)12-20(3,4)16-8-6-14(23)10-18(16)21/h5-8,13-14,26-27H,9-12,15-16H2,1-4H3;5-10,22-23H,11-12H2,1-4H3. The van der Waals surface area contributed by atoms with Crippen molar-refractivity contribution in [1.29, 1.82) is 0 Å². The molecule has 0 fully saturated rings. The van der Waals surface area contributed by atoms with Crippen LogP contribution in [0.25, 0.3) is 0 Å². The Kier molecular flexibility index (Phi) is 8.59. The number of phenolic OH excluding ortho intramolecular Hbond substituents is 2. The second-order valence-electron chi connectivity index (χ2n) is 18.4. The van der Waals surface area contributed by atoms with Crippen molar-refractivity contribution in [3.8, 4) is 23.0 Å². The van der Waals surface area contributed by atoms with Crippen molar-refractivity contribution in [3.05, 3.63) is 117 Å². The van der Waals surface area contributed by atoms with Crippen LogP contribution in [0.15, 0.2) is 72.8 Å². The Morgan fingerprint density at radius 1 is 0.423 bits per heavy atom. The molecule has 2 spiro atoms. The van der Waals surface area contributed by atoms with Crippen LogP contribution in [-0.4, -0.2) is 46.9 Å². The SMILES string of the molecule is CC1(C)CC2(CC(C)(C)c3ccc(O)cc32)c2cc(O)ccc21.CC1(C)CC2(CC(C)(C)c3ccc(OCCO)cc32)c2cc(OCCO)ccc21. The molecular formula is C46H56O6. The van der Waals surface area contributed by atoms with E-state index in [-0.39, 0.29) is 45.7 Å². The van der Waals surface area contributed by atoms with Gasteiger partial charge in [0.25, 0.3) is 0 Å². The van der Waals surface area contributed by atoms with Crippen molar-refractivity contribution in [2.45, 2.75) is 114 Å². The summed E-state index contributed by atoms with van der Waals surface area (Å²) in [5.74, 6) is 2.28. The highest BCUT2D eigenvalue weighted by Crippen LogP contribution is 2.65. The van der Waals surface area contributed by atoms with Crippen LogP contribution in [0.2, 0.25) is 0 Å². The number of benzene rings is 4. The number of aromatic hydroxyl groups is 2. The van der Waals surface area contributed by atoms with E-state index < -0.39 is 0 Å². The summed E-state index contributed by atoms with van der Waals surface area (Å²) < 4.78 is 11.5. The highest BCUT2D eigenvalue weighted by Gasteiger charge is 2.57. The van der Waals surface area contributed by atoms with Gasteiger partial charge >= 0.3 is 0 Å². The number of phenols is 2. The third kappa shape index (κ3) is 5.69. The second-order valence-corrected chi connectivity index (χ2v) is 18.4. The second kappa shape index (κ2) is 12.3. The fourth-order valence-corrected chi connectivity index (χ4v) is 11.1. The van der Waals surface area contributed by atoms with E-state index in [1.54, 1.807) is 12.1 Å². The maximum Gasteiger partial charge on any atom is 0.119 e. The average molecular weight is 705 g/mol. The molecule has 4 aromatic carbocycles. The summed E-state index contributed by atoms with van der Waals surface area (Å²) in [6.07, 6.45) is 4.11. The minimum absolute atomic E-state index is 0.00907. The zero-order chi connectivity index (χ0) is 37.5. The largest absolute Gasteiger partial charge is 0.508 e. The first-order valence-corrected chi connectivity index (χ1v) is 18.8. The first-order valence-electron chi connectivity index (χ1n) is 18.8. The zero-order valence-electron chi connectivity index (χ0n) is 32.2. The van der Waals surface area contributed by atoms with Gasteiger partial charge < -0.3 is 29.9 Å².